The van der Waals surface area contributed by atoms with Gasteiger partial charge in [-0.2, -0.15) is 0 Å². The van der Waals surface area contributed by atoms with E-state index >= 15 is 0 Å². The van der Waals surface area contributed by atoms with E-state index in [4.69, 9.17) is 4.74 Å². The summed E-state index contributed by atoms with van der Waals surface area (Å²) in [5, 5.41) is 2.00. The summed E-state index contributed by atoms with van der Waals surface area (Å²) < 4.78 is 5.32. The lowest BCUT2D eigenvalue weighted by Crippen LogP contribution is -2.30. The molecule has 0 aliphatic rings. The lowest BCUT2D eigenvalue weighted by molar-refractivity contribution is -0.129. The minimum absolute atomic E-state index is 0.155. The molecule has 1 amide bonds. The van der Waals surface area contributed by atoms with Gasteiger partial charge in [0.1, 0.15) is 5.75 Å². The SMILES string of the molecule is COc1ccccc1CCN(C)C(=O)Cc1cccs1. The predicted molar refractivity (Wildman–Crippen MR) is 82.4 cm³/mol. The van der Waals surface area contributed by atoms with Gasteiger partial charge in [-0.15, -0.1) is 11.3 Å². The predicted octanol–water partition coefficient (Wildman–Crippen LogP) is 3.00. The summed E-state index contributed by atoms with van der Waals surface area (Å²) in [6, 6.07) is 11.9. The maximum absolute atomic E-state index is 12.1. The van der Waals surface area contributed by atoms with Crippen molar-refractivity contribution in [2.45, 2.75) is 12.8 Å². The Morgan fingerprint density at radius 2 is 2.05 bits per heavy atom. The molecule has 0 bridgehead atoms. The minimum Gasteiger partial charge on any atom is -0.496 e. The fourth-order valence-corrected chi connectivity index (χ4v) is 2.72. The van der Waals surface area contributed by atoms with E-state index in [0.717, 1.165) is 22.6 Å². The molecule has 0 atom stereocenters. The van der Waals surface area contributed by atoms with E-state index in [2.05, 4.69) is 0 Å². The van der Waals surface area contributed by atoms with Crippen LogP contribution in [0.4, 0.5) is 0 Å². The van der Waals surface area contributed by atoms with Crippen molar-refractivity contribution in [3.63, 3.8) is 0 Å². The fourth-order valence-electron chi connectivity index (χ4n) is 2.02. The number of methoxy groups -OCH3 is 1. The first-order valence-electron chi connectivity index (χ1n) is 6.59. The Hall–Kier alpha value is -1.81. The monoisotopic (exact) mass is 289 g/mol. The van der Waals surface area contributed by atoms with Crippen LogP contribution in [0.5, 0.6) is 5.75 Å². The molecule has 20 heavy (non-hydrogen) atoms. The number of hydrogen-bond acceptors (Lipinski definition) is 3. The second-order valence-electron chi connectivity index (χ2n) is 4.63. The van der Waals surface area contributed by atoms with Crippen LogP contribution in [-0.2, 0) is 17.6 Å². The molecule has 0 saturated heterocycles. The third kappa shape index (κ3) is 3.84. The van der Waals surface area contributed by atoms with Crippen LogP contribution < -0.4 is 4.74 Å². The van der Waals surface area contributed by atoms with Crippen molar-refractivity contribution in [2.24, 2.45) is 0 Å². The van der Waals surface area contributed by atoms with E-state index in [9.17, 15) is 4.79 Å². The van der Waals surface area contributed by atoms with Crippen LogP contribution in [-0.4, -0.2) is 31.5 Å². The van der Waals surface area contributed by atoms with Gasteiger partial charge in [0.15, 0.2) is 0 Å². The van der Waals surface area contributed by atoms with Gasteiger partial charge in [0.25, 0.3) is 0 Å². The van der Waals surface area contributed by atoms with E-state index in [1.54, 1.807) is 23.3 Å². The number of thiophene rings is 1. The second kappa shape index (κ2) is 7.10. The number of rotatable bonds is 6. The lowest BCUT2D eigenvalue weighted by atomic mass is 10.1. The standard InChI is InChI=1S/C16H19NO2S/c1-17(16(18)12-14-7-5-11-20-14)10-9-13-6-3-4-8-15(13)19-2/h3-8,11H,9-10,12H2,1-2H3. The Morgan fingerprint density at radius 3 is 2.75 bits per heavy atom. The van der Waals surface area contributed by atoms with Crippen LogP contribution in [0.1, 0.15) is 10.4 Å². The number of hydrogen-bond donors (Lipinski definition) is 0. The van der Waals surface area contributed by atoms with Crippen molar-refractivity contribution in [1.82, 2.24) is 4.90 Å². The maximum Gasteiger partial charge on any atom is 0.227 e. The van der Waals surface area contributed by atoms with Gasteiger partial charge >= 0.3 is 0 Å². The van der Waals surface area contributed by atoms with Crippen molar-refractivity contribution < 1.29 is 9.53 Å². The first-order valence-corrected chi connectivity index (χ1v) is 7.47. The number of nitrogens with zero attached hydrogens (tertiary/aromatic N) is 1. The summed E-state index contributed by atoms with van der Waals surface area (Å²) in [6.45, 7) is 0.699. The Bertz CT molecular complexity index is 551. The number of carbonyl (C=O) groups excluding carboxylic acids is 1. The number of ether oxygens (including phenoxy) is 1. The minimum atomic E-state index is 0.155. The summed E-state index contributed by atoms with van der Waals surface area (Å²) in [7, 11) is 3.52. The molecule has 0 N–H and O–H groups in total. The lowest BCUT2D eigenvalue weighted by Gasteiger charge is -2.17. The molecule has 1 heterocycles. The highest BCUT2D eigenvalue weighted by Gasteiger charge is 2.11. The Kier molecular flexibility index (Phi) is 5.18. The van der Waals surface area contributed by atoms with Gasteiger partial charge in [-0.1, -0.05) is 24.3 Å². The molecule has 0 fully saturated rings. The number of benzene rings is 1. The van der Waals surface area contributed by atoms with Crippen LogP contribution in [0.25, 0.3) is 0 Å². The average molecular weight is 289 g/mol. The van der Waals surface area contributed by atoms with Gasteiger partial charge in [-0.25, -0.2) is 0 Å². The first kappa shape index (κ1) is 14.6. The third-order valence-corrected chi connectivity index (χ3v) is 4.12. The van der Waals surface area contributed by atoms with Crippen molar-refractivity contribution in [3.05, 3.63) is 52.2 Å². The Morgan fingerprint density at radius 1 is 1.25 bits per heavy atom. The van der Waals surface area contributed by atoms with E-state index in [1.807, 2.05) is 48.8 Å². The molecule has 4 heteroatoms. The zero-order valence-electron chi connectivity index (χ0n) is 11.8. The number of amides is 1. The summed E-state index contributed by atoms with van der Waals surface area (Å²) >= 11 is 1.62. The molecule has 106 valence electrons. The van der Waals surface area contributed by atoms with E-state index in [0.29, 0.717) is 13.0 Å². The zero-order chi connectivity index (χ0) is 14.4. The fraction of sp³-hybridized carbons (Fsp3) is 0.312. The summed E-state index contributed by atoms with van der Waals surface area (Å²) in [5.74, 6) is 1.04. The largest absolute Gasteiger partial charge is 0.496 e. The van der Waals surface area contributed by atoms with Crippen LogP contribution in [0, 0.1) is 0 Å². The smallest absolute Gasteiger partial charge is 0.227 e. The van der Waals surface area contributed by atoms with E-state index in [-0.39, 0.29) is 5.91 Å². The Balaban J connectivity index is 1.88. The molecule has 0 spiro atoms. The van der Waals surface area contributed by atoms with Crippen LogP contribution in [0.3, 0.4) is 0 Å². The molecule has 2 rings (SSSR count). The van der Waals surface area contributed by atoms with Crippen molar-refractivity contribution in [3.8, 4) is 5.75 Å². The van der Waals surface area contributed by atoms with Gasteiger partial charge in [0.05, 0.1) is 13.5 Å². The van der Waals surface area contributed by atoms with Crippen molar-refractivity contribution in [1.29, 1.82) is 0 Å². The second-order valence-corrected chi connectivity index (χ2v) is 5.67. The van der Waals surface area contributed by atoms with Crippen LogP contribution in [0.15, 0.2) is 41.8 Å². The van der Waals surface area contributed by atoms with Crippen LogP contribution in [0.2, 0.25) is 0 Å². The number of carbonyl (C=O) groups is 1. The molecule has 1 aromatic carbocycles. The highest BCUT2D eigenvalue weighted by atomic mass is 32.1. The van der Waals surface area contributed by atoms with Crippen LogP contribution >= 0.6 is 11.3 Å². The van der Waals surface area contributed by atoms with Gasteiger partial charge < -0.3 is 9.64 Å². The maximum atomic E-state index is 12.1. The van der Waals surface area contributed by atoms with Gasteiger partial charge in [-0.3, -0.25) is 4.79 Å². The van der Waals surface area contributed by atoms with E-state index < -0.39 is 0 Å². The average Bonchev–Trinajstić information content (AvgIpc) is 2.97. The normalized spacial score (nSPS) is 10.3. The Labute approximate surface area is 123 Å². The highest BCUT2D eigenvalue weighted by molar-refractivity contribution is 7.10. The summed E-state index contributed by atoms with van der Waals surface area (Å²) in [6.07, 6.45) is 1.29. The van der Waals surface area contributed by atoms with Gasteiger partial charge in [0.2, 0.25) is 5.91 Å². The zero-order valence-corrected chi connectivity index (χ0v) is 12.7. The molecule has 1 aromatic heterocycles. The molecular weight excluding hydrogens is 270 g/mol. The molecule has 3 nitrogen and oxygen atoms in total. The van der Waals surface area contributed by atoms with Gasteiger partial charge in [-0.05, 0) is 29.5 Å². The molecular formula is C16H19NO2S. The van der Waals surface area contributed by atoms with Crippen molar-refractivity contribution >= 4 is 17.2 Å². The summed E-state index contributed by atoms with van der Waals surface area (Å²) in [5.41, 5.74) is 1.13. The quantitative estimate of drug-likeness (QED) is 0.818. The highest BCUT2D eigenvalue weighted by Crippen LogP contribution is 2.18. The first-order chi connectivity index (χ1) is 9.70. The molecule has 0 unspecified atom stereocenters. The third-order valence-electron chi connectivity index (χ3n) is 3.24. The summed E-state index contributed by atoms with van der Waals surface area (Å²) in [4.78, 5) is 15.0. The molecule has 0 radical (unpaired) electrons. The van der Waals surface area contributed by atoms with Gasteiger partial charge in [0, 0.05) is 18.5 Å². The number of para-hydroxylation sites is 1. The molecule has 0 aliphatic carbocycles. The molecule has 0 aliphatic heterocycles. The van der Waals surface area contributed by atoms with Crippen molar-refractivity contribution in [2.75, 3.05) is 20.7 Å². The number of likely N-dealkylation sites (N-methyl/N-ethyl adjacent to an activating group) is 1. The molecule has 2 aromatic rings. The molecule has 0 saturated carbocycles. The topological polar surface area (TPSA) is 29.5 Å². The van der Waals surface area contributed by atoms with E-state index in [1.165, 1.54) is 0 Å².